The lowest BCUT2D eigenvalue weighted by molar-refractivity contribution is 0.0300. The number of nitrogens with one attached hydrogen (secondary N) is 1. The fraction of sp³-hybridized carbons (Fsp3) is 0.667. The molecule has 118 valence electrons. The molecule has 21 heavy (non-hydrogen) atoms. The largest absolute Gasteiger partial charge is 0.394 e. The van der Waals surface area contributed by atoms with Crippen LogP contribution in [0, 0.1) is 5.92 Å². The summed E-state index contributed by atoms with van der Waals surface area (Å²) < 4.78 is 5.90. The van der Waals surface area contributed by atoms with Crippen molar-refractivity contribution in [3.8, 4) is 0 Å². The highest BCUT2D eigenvalue weighted by Crippen LogP contribution is 2.29. The minimum absolute atomic E-state index is 0.0672. The van der Waals surface area contributed by atoms with E-state index in [4.69, 9.17) is 4.74 Å². The van der Waals surface area contributed by atoms with Crippen LogP contribution in [-0.2, 0) is 10.3 Å². The minimum Gasteiger partial charge on any atom is -0.394 e. The number of rotatable bonds is 10. The molecule has 1 unspecified atom stereocenters. The molecule has 0 bridgehead atoms. The van der Waals surface area contributed by atoms with Gasteiger partial charge in [-0.1, -0.05) is 44.2 Å². The molecule has 1 aliphatic rings. The molecular formula is C18H29NO2. The summed E-state index contributed by atoms with van der Waals surface area (Å²) in [5.41, 5.74) is 0.656. The molecule has 2 rings (SSSR count). The number of aliphatic hydroxyl groups is 1. The van der Waals surface area contributed by atoms with E-state index in [9.17, 15) is 5.11 Å². The van der Waals surface area contributed by atoms with E-state index >= 15 is 0 Å². The molecule has 0 heterocycles. The van der Waals surface area contributed by atoms with Gasteiger partial charge in [-0.3, -0.25) is 0 Å². The van der Waals surface area contributed by atoms with Gasteiger partial charge in [0.2, 0.25) is 0 Å². The monoisotopic (exact) mass is 291 g/mol. The Kier molecular flexibility index (Phi) is 6.22. The van der Waals surface area contributed by atoms with E-state index in [0.717, 1.165) is 24.5 Å². The minimum atomic E-state index is -0.458. The summed E-state index contributed by atoms with van der Waals surface area (Å²) in [5.74, 6) is 0.718. The first-order valence-corrected chi connectivity index (χ1v) is 8.18. The lowest BCUT2D eigenvalue weighted by Crippen LogP contribution is -2.50. The Morgan fingerprint density at radius 3 is 2.57 bits per heavy atom. The van der Waals surface area contributed by atoms with Gasteiger partial charge in [0, 0.05) is 12.6 Å². The fourth-order valence-electron chi connectivity index (χ4n) is 2.61. The van der Waals surface area contributed by atoms with E-state index in [-0.39, 0.29) is 6.61 Å². The van der Waals surface area contributed by atoms with Crippen LogP contribution in [0.25, 0.3) is 0 Å². The average molecular weight is 291 g/mol. The average Bonchev–Trinajstić information content (AvgIpc) is 3.30. The third kappa shape index (κ3) is 5.10. The van der Waals surface area contributed by atoms with E-state index in [0.29, 0.717) is 12.6 Å². The molecule has 1 atom stereocenters. The van der Waals surface area contributed by atoms with E-state index in [2.05, 4.69) is 31.3 Å². The van der Waals surface area contributed by atoms with Crippen LogP contribution >= 0.6 is 0 Å². The molecule has 1 aromatic rings. The van der Waals surface area contributed by atoms with Crippen LogP contribution in [0.15, 0.2) is 30.3 Å². The van der Waals surface area contributed by atoms with Crippen molar-refractivity contribution in [1.29, 1.82) is 0 Å². The maximum atomic E-state index is 10.0. The second kappa shape index (κ2) is 7.92. The first kappa shape index (κ1) is 16.5. The first-order chi connectivity index (χ1) is 10.2. The molecule has 3 heteroatoms. The number of aliphatic hydroxyl groups excluding tert-OH is 1. The van der Waals surface area contributed by atoms with Gasteiger partial charge < -0.3 is 15.2 Å². The van der Waals surface area contributed by atoms with Crippen molar-refractivity contribution >= 4 is 0 Å². The van der Waals surface area contributed by atoms with Crippen molar-refractivity contribution in [2.45, 2.75) is 51.1 Å². The van der Waals surface area contributed by atoms with Crippen LogP contribution in [0.2, 0.25) is 0 Å². The molecule has 0 radical (unpaired) electrons. The van der Waals surface area contributed by atoms with Gasteiger partial charge in [0.05, 0.1) is 18.8 Å². The van der Waals surface area contributed by atoms with Gasteiger partial charge in [0.1, 0.15) is 0 Å². The molecule has 1 fully saturated rings. The van der Waals surface area contributed by atoms with Crippen molar-refractivity contribution in [2.24, 2.45) is 5.92 Å². The lowest BCUT2D eigenvalue weighted by Gasteiger charge is -2.34. The summed E-state index contributed by atoms with van der Waals surface area (Å²) in [5, 5.41) is 13.6. The molecule has 0 saturated heterocycles. The van der Waals surface area contributed by atoms with Gasteiger partial charge in [-0.05, 0) is 37.2 Å². The van der Waals surface area contributed by atoms with E-state index in [1.165, 1.54) is 19.3 Å². The fourth-order valence-corrected chi connectivity index (χ4v) is 2.61. The smallest absolute Gasteiger partial charge is 0.0908 e. The van der Waals surface area contributed by atoms with E-state index in [1.807, 2.05) is 18.2 Å². The third-order valence-electron chi connectivity index (χ3n) is 4.07. The van der Waals surface area contributed by atoms with Crippen molar-refractivity contribution < 1.29 is 9.84 Å². The Hall–Kier alpha value is -0.900. The zero-order chi connectivity index (χ0) is 15.1. The molecular weight excluding hydrogens is 262 g/mol. The van der Waals surface area contributed by atoms with E-state index in [1.54, 1.807) is 0 Å². The Morgan fingerprint density at radius 2 is 2.00 bits per heavy atom. The number of benzene rings is 1. The predicted molar refractivity (Wildman–Crippen MR) is 86.3 cm³/mol. The van der Waals surface area contributed by atoms with Crippen LogP contribution in [0.1, 0.15) is 45.1 Å². The van der Waals surface area contributed by atoms with Crippen LogP contribution in [0.3, 0.4) is 0 Å². The highest BCUT2D eigenvalue weighted by atomic mass is 16.5. The highest BCUT2D eigenvalue weighted by molar-refractivity contribution is 5.25. The third-order valence-corrected chi connectivity index (χ3v) is 4.07. The van der Waals surface area contributed by atoms with Gasteiger partial charge in [-0.15, -0.1) is 0 Å². The highest BCUT2D eigenvalue weighted by Gasteiger charge is 2.37. The number of hydrogen-bond donors (Lipinski definition) is 2. The Balaban J connectivity index is 1.94. The van der Waals surface area contributed by atoms with Crippen LogP contribution in [0.5, 0.6) is 0 Å². The first-order valence-electron chi connectivity index (χ1n) is 8.18. The molecule has 0 spiro atoms. The normalized spacial score (nSPS) is 17.9. The zero-order valence-corrected chi connectivity index (χ0v) is 13.3. The predicted octanol–water partition coefficient (Wildman–Crippen LogP) is 3.08. The molecule has 1 aromatic carbocycles. The zero-order valence-electron chi connectivity index (χ0n) is 13.3. The Labute approximate surface area is 128 Å². The van der Waals surface area contributed by atoms with Crippen molar-refractivity contribution in [3.63, 3.8) is 0 Å². The molecule has 2 N–H and O–H groups in total. The summed E-state index contributed by atoms with van der Waals surface area (Å²) in [6.07, 6.45) is 4.66. The Bertz CT molecular complexity index is 403. The second-order valence-electron chi connectivity index (χ2n) is 6.61. The van der Waals surface area contributed by atoms with Gasteiger partial charge in [-0.25, -0.2) is 0 Å². The van der Waals surface area contributed by atoms with Gasteiger partial charge in [0.15, 0.2) is 0 Å². The van der Waals surface area contributed by atoms with Crippen LogP contribution < -0.4 is 5.32 Å². The summed E-state index contributed by atoms with van der Waals surface area (Å²) in [7, 11) is 0. The number of ether oxygens (including phenoxy) is 1. The quantitative estimate of drug-likeness (QED) is 0.651. The molecule has 1 aliphatic carbocycles. The molecule has 0 aromatic heterocycles. The maximum absolute atomic E-state index is 10.0. The molecule has 0 amide bonds. The second-order valence-corrected chi connectivity index (χ2v) is 6.61. The maximum Gasteiger partial charge on any atom is 0.0908 e. The van der Waals surface area contributed by atoms with Crippen LogP contribution in [-0.4, -0.2) is 31.0 Å². The van der Waals surface area contributed by atoms with E-state index < -0.39 is 5.54 Å². The van der Waals surface area contributed by atoms with Gasteiger partial charge in [-0.2, -0.15) is 0 Å². The SMILES string of the molecule is CC(C)CCCOCC(CO)(NC1CC1)c1ccccc1. The van der Waals surface area contributed by atoms with Crippen molar-refractivity contribution in [2.75, 3.05) is 19.8 Å². The van der Waals surface area contributed by atoms with Crippen molar-refractivity contribution in [3.05, 3.63) is 35.9 Å². The molecule has 1 saturated carbocycles. The lowest BCUT2D eigenvalue weighted by atomic mass is 9.91. The summed E-state index contributed by atoms with van der Waals surface area (Å²) in [6, 6.07) is 10.7. The molecule has 3 nitrogen and oxygen atoms in total. The summed E-state index contributed by atoms with van der Waals surface area (Å²) >= 11 is 0. The Morgan fingerprint density at radius 1 is 1.29 bits per heavy atom. The molecule has 0 aliphatic heterocycles. The summed E-state index contributed by atoms with van der Waals surface area (Å²) in [6.45, 7) is 5.83. The van der Waals surface area contributed by atoms with Gasteiger partial charge in [0.25, 0.3) is 0 Å². The van der Waals surface area contributed by atoms with Crippen molar-refractivity contribution in [1.82, 2.24) is 5.32 Å². The van der Waals surface area contributed by atoms with Gasteiger partial charge >= 0.3 is 0 Å². The van der Waals surface area contributed by atoms with Crippen LogP contribution in [0.4, 0.5) is 0 Å². The number of hydrogen-bond acceptors (Lipinski definition) is 3. The topological polar surface area (TPSA) is 41.5 Å². The summed E-state index contributed by atoms with van der Waals surface area (Å²) in [4.78, 5) is 0. The standard InChI is InChI=1S/C18H29NO2/c1-15(2)7-6-12-21-14-18(13-20,19-17-10-11-17)16-8-4-3-5-9-16/h3-5,8-9,15,17,19-20H,6-7,10-14H2,1-2H3.